The van der Waals surface area contributed by atoms with E-state index in [4.69, 9.17) is 0 Å². The van der Waals surface area contributed by atoms with Gasteiger partial charge in [-0.1, -0.05) is 41.2 Å². The molecular formula is C20H23N3O3S2. The van der Waals surface area contributed by atoms with Crippen molar-refractivity contribution in [2.24, 2.45) is 0 Å². The highest BCUT2D eigenvalue weighted by molar-refractivity contribution is 7.92. The molecule has 0 atom stereocenters. The number of likely N-dealkylation sites (N-methyl/N-ethyl adjacent to an activating group) is 1. The second-order valence-corrected chi connectivity index (χ2v) is 9.88. The molecule has 6 nitrogen and oxygen atoms in total. The number of carbonyl (C=O) groups is 1. The maximum absolute atomic E-state index is 13.0. The van der Waals surface area contributed by atoms with E-state index < -0.39 is 21.5 Å². The van der Waals surface area contributed by atoms with Crippen LogP contribution in [-0.2, 0) is 14.6 Å². The first-order chi connectivity index (χ1) is 13.3. The molecule has 1 aromatic heterocycles. The number of rotatable bonds is 7. The van der Waals surface area contributed by atoms with Gasteiger partial charge in [-0.3, -0.25) is 9.69 Å². The molecule has 0 spiro atoms. The summed E-state index contributed by atoms with van der Waals surface area (Å²) in [6.45, 7) is 2.86. The number of thiazole rings is 1. The van der Waals surface area contributed by atoms with Crippen LogP contribution >= 0.6 is 11.3 Å². The van der Waals surface area contributed by atoms with Crippen LogP contribution < -0.4 is 4.90 Å². The maximum atomic E-state index is 13.0. The minimum absolute atomic E-state index is 0.156. The van der Waals surface area contributed by atoms with E-state index in [2.05, 4.69) is 4.98 Å². The van der Waals surface area contributed by atoms with Gasteiger partial charge < -0.3 is 4.90 Å². The molecule has 0 N–H and O–H groups in total. The molecule has 1 heterocycles. The summed E-state index contributed by atoms with van der Waals surface area (Å²) in [6.07, 6.45) is 0. The van der Waals surface area contributed by atoms with Crippen LogP contribution in [0, 0.1) is 6.92 Å². The van der Waals surface area contributed by atoms with Crippen molar-refractivity contribution in [2.45, 2.75) is 11.8 Å². The van der Waals surface area contributed by atoms with E-state index in [-0.39, 0.29) is 4.90 Å². The number of nitrogens with zero attached hydrogens (tertiary/aromatic N) is 3. The third-order valence-corrected chi connectivity index (χ3v) is 6.96. The number of para-hydroxylation sites is 1. The van der Waals surface area contributed by atoms with Crippen molar-refractivity contribution in [3.05, 3.63) is 54.1 Å². The number of carbonyl (C=O) groups excluding carboxylic acids is 1. The van der Waals surface area contributed by atoms with Crippen LogP contribution in [0.3, 0.4) is 0 Å². The fraction of sp³-hybridized carbons (Fsp3) is 0.300. The molecule has 8 heteroatoms. The molecule has 0 radical (unpaired) electrons. The monoisotopic (exact) mass is 417 g/mol. The highest BCUT2D eigenvalue weighted by Gasteiger charge is 2.26. The molecule has 2 aromatic carbocycles. The molecule has 3 aromatic rings. The first-order valence-electron chi connectivity index (χ1n) is 8.86. The van der Waals surface area contributed by atoms with Crippen LogP contribution in [0.2, 0.25) is 0 Å². The molecule has 28 heavy (non-hydrogen) atoms. The Bertz CT molecular complexity index is 1040. The van der Waals surface area contributed by atoms with Crippen LogP contribution in [0.25, 0.3) is 10.2 Å². The van der Waals surface area contributed by atoms with Gasteiger partial charge in [0.05, 0.1) is 15.1 Å². The van der Waals surface area contributed by atoms with Crippen molar-refractivity contribution in [1.82, 2.24) is 9.88 Å². The predicted octanol–water partition coefficient (Wildman–Crippen LogP) is 2.97. The van der Waals surface area contributed by atoms with E-state index in [1.165, 1.54) is 16.2 Å². The standard InChI is InChI=1S/C20H23N3O3S2/c1-15-8-10-16(11-9-15)28(25,26)14-19(24)23(13-12-22(2)3)20-21-17-6-4-5-7-18(17)27-20/h4-11H,12-14H2,1-3H3. The first-order valence-corrected chi connectivity index (χ1v) is 11.3. The Morgan fingerprint density at radius 3 is 2.36 bits per heavy atom. The summed E-state index contributed by atoms with van der Waals surface area (Å²) >= 11 is 1.39. The quantitative estimate of drug-likeness (QED) is 0.591. The average Bonchev–Trinajstić information content (AvgIpc) is 3.05. The van der Waals surface area contributed by atoms with E-state index in [1.807, 2.05) is 50.2 Å². The highest BCUT2D eigenvalue weighted by Crippen LogP contribution is 2.29. The molecule has 0 fully saturated rings. The zero-order valence-corrected chi connectivity index (χ0v) is 17.8. The van der Waals surface area contributed by atoms with Crippen LogP contribution in [-0.4, -0.2) is 57.1 Å². The molecule has 0 aliphatic heterocycles. The number of hydrogen-bond donors (Lipinski definition) is 0. The topological polar surface area (TPSA) is 70.6 Å². The summed E-state index contributed by atoms with van der Waals surface area (Å²) in [6, 6.07) is 14.2. The molecule has 0 unspecified atom stereocenters. The van der Waals surface area contributed by atoms with E-state index in [1.54, 1.807) is 24.3 Å². The van der Waals surface area contributed by atoms with Crippen molar-refractivity contribution in [2.75, 3.05) is 37.8 Å². The molecule has 3 rings (SSSR count). The second kappa shape index (κ2) is 8.38. The van der Waals surface area contributed by atoms with Crippen molar-refractivity contribution in [3.63, 3.8) is 0 Å². The Morgan fingerprint density at radius 1 is 1.04 bits per heavy atom. The lowest BCUT2D eigenvalue weighted by Gasteiger charge is -2.22. The largest absolute Gasteiger partial charge is 0.308 e. The lowest BCUT2D eigenvalue weighted by Crippen LogP contribution is -2.40. The van der Waals surface area contributed by atoms with Crippen molar-refractivity contribution in [1.29, 1.82) is 0 Å². The Kier molecular flexibility index (Phi) is 6.12. The predicted molar refractivity (Wildman–Crippen MR) is 114 cm³/mol. The molecule has 1 amide bonds. The molecule has 148 valence electrons. The Morgan fingerprint density at radius 2 is 1.71 bits per heavy atom. The van der Waals surface area contributed by atoms with Crippen LogP contribution in [0.1, 0.15) is 5.56 Å². The van der Waals surface area contributed by atoms with Gasteiger partial charge in [0.25, 0.3) is 0 Å². The number of sulfone groups is 1. The summed E-state index contributed by atoms with van der Waals surface area (Å²) in [5, 5.41) is 0.521. The molecule has 0 saturated carbocycles. The summed E-state index contributed by atoms with van der Waals surface area (Å²) in [5.41, 5.74) is 1.76. The van der Waals surface area contributed by atoms with Gasteiger partial charge in [-0.25, -0.2) is 13.4 Å². The van der Waals surface area contributed by atoms with Crippen molar-refractivity contribution < 1.29 is 13.2 Å². The number of hydrogen-bond acceptors (Lipinski definition) is 6. The fourth-order valence-electron chi connectivity index (χ4n) is 2.67. The van der Waals surface area contributed by atoms with Gasteiger partial charge in [0.2, 0.25) is 5.91 Å². The molecule has 0 bridgehead atoms. The first kappa shape index (κ1) is 20.4. The summed E-state index contributed by atoms with van der Waals surface area (Å²) < 4.78 is 26.4. The highest BCUT2D eigenvalue weighted by atomic mass is 32.2. The number of benzene rings is 2. The maximum Gasteiger partial charge on any atom is 0.244 e. The van der Waals surface area contributed by atoms with Crippen LogP contribution in [0.4, 0.5) is 5.13 Å². The van der Waals surface area contributed by atoms with E-state index in [9.17, 15) is 13.2 Å². The SMILES string of the molecule is Cc1ccc(S(=O)(=O)CC(=O)N(CCN(C)C)c2nc3ccccc3s2)cc1. The van der Waals surface area contributed by atoms with Crippen LogP contribution in [0.15, 0.2) is 53.4 Å². The third kappa shape index (κ3) is 4.76. The Hall–Kier alpha value is -2.29. The summed E-state index contributed by atoms with van der Waals surface area (Å²) in [5.74, 6) is -1.05. The van der Waals surface area contributed by atoms with Gasteiger partial charge in [0, 0.05) is 13.1 Å². The lowest BCUT2D eigenvalue weighted by molar-refractivity contribution is -0.116. The summed E-state index contributed by atoms with van der Waals surface area (Å²) in [7, 11) is 0.0877. The number of anilines is 1. The number of amides is 1. The van der Waals surface area contributed by atoms with E-state index in [0.717, 1.165) is 15.8 Å². The van der Waals surface area contributed by atoms with Gasteiger partial charge in [0.1, 0.15) is 5.75 Å². The zero-order chi connectivity index (χ0) is 20.3. The van der Waals surface area contributed by atoms with Crippen molar-refractivity contribution in [3.8, 4) is 0 Å². The molecular weight excluding hydrogens is 394 g/mol. The van der Waals surface area contributed by atoms with Gasteiger partial charge in [-0.05, 0) is 45.3 Å². The molecule has 0 aliphatic carbocycles. The Balaban J connectivity index is 1.88. The van der Waals surface area contributed by atoms with Crippen molar-refractivity contribution >= 4 is 42.4 Å². The van der Waals surface area contributed by atoms with Gasteiger partial charge in [-0.2, -0.15) is 0 Å². The lowest BCUT2D eigenvalue weighted by atomic mass is 10.2. The minimum Gasteiger partial charge on any atom is -0.308 e. The van der Waals surface area contributed by atoms with Gasteiger partial charge >= 0.3 is 0 Å². The van der Waals surface area contributed by atoms with Gasteiger partial charge in [0.15, 0.2) is 15.0 Å². The number of fused-ring (bicyclic) bond motifs is 1. The summed E-state index contributed by atoms with van der Waals surface area (Å²) in [4.78, 5) is 21.1. The smallest absolute Gasteiger partial charge is 0.244 e. The van der Waals surface area contributed by atoms with Crippen LogP contribution in [0.5, 0.6) is 0 Å². The van der Waals surface area contributed by atoms with E-state index >= 15 is 0 Å². The van der Waals surface area contributed by atoms with Gasteiger partial charge in [-0.15, -0.1) is 0 Å². The second-order valence-electron chi connectivity index (χ2n) is 6.88. The molecule has 0 saturated heterocycles. The fourth-order valence-corrected chi connectivity index (χ4v) is 4.88. The molecule has 0 aliphatic rings. The number of aryl methyl sites for hydroxylation is 1. The minimum atomic E-state index is -3.73. The third-order valence-electron chi connectivity index (χ3n) is 4.28. The number of aromatic nitrogens is 1. The average molecular weight is 418 g/mol. The normalized spacial score (nSPS) is 11.9. The Labute approximate surface area is 169 Å². The zero-order valence-electron chi connectivity index (χ0n) is 16.1. The van der Waals surface area contributed by atoms with E-state index in [0.29, 0.717) is 18.2 Å².